The molecule has 0 radical (unpaired) electrons. The van der Waals surface area contributed by atoms with Crippen molar-refractivity contribution in [1.82, 2.24) is 9.97 Å². The molecule has 0 N–H and O–H groups in total. The van der Waals surface area contributed by atoms with E-state index in [2.05, 4.69) is 168 Å². The van der Waals surface area contributed by atoms with Crippen LogP contribution in [0.2, 0.25) is 0 Å². The van der Waals surface area contributed by atoms with Crippen molar-refractivity contribution in [1.29, 1.82) is 0 Å². The van der Waals surface area contributed by atoms with Crippen molar-refractivity contribution in [3.05, 3.63) is 190 Å². The molecule has 2 nitrogen and oxygen atoms in total. The van der Waals surface area contributed by atoms with E-state index in [9.17, 15) is 0 Å². The Morgan fingerprint density at radius 3 is 0.864 bits per heavy atom. The van der Waals surface area contributed by atoms with Crippen LogP contribution in [0.4, 0.5) is 0 Å². The molecule has 0 spiro atoms. The van der Waals surface area contributed by atoms with E-state index in [1.807, 2.05) is 36.7 Å². The molecule has 0 aliphatic rings. The van der Waals surface area contributed by atoms with Crippen LogP contribution in [0.1, 0.15) is 44.5 Å². The fraction of sp³-hybridized carbons (Fsp3) is 0. The Labute approximate surface area is 259 Å². The molecule has 0 saturated carbocycles. The van der Waals surface area contributed by atoms with Crippen LogP contribution in [0, 0.1) is 0 Å². The van der Waals surface area contributed by atoms with Crippen molar-refractivity contribution in [2.75, 3.05) is 0 Å². The lowest BCUT2D eigenvalue weighted by atomic mass is 10.1. The van der Waals surface area contributed by atoms with E-state index in [-0.39, 0.29) is 0 Å². The van der Waals surface area contributed by atoms with E-state index in [0.717, 1.165) is 33.6 Å². The molecule has 0 aliphatic carbocycles. The number of nitrogens with zero attached hydrogens (tertiary/aromatic N) is 2. The number of hydrogen-bond donors (Lipinski definition) is 0. The average Bonchev–Trinajstić information content (AvgIpc) is 3.10. The number of hydrogen-bond acceptors (Lipinski definition) is 2. The zero-order chi connectivity index (χ0) is 29.8. The highest BCUT2D eigenvalue weighted by Crippen LogP contribution is 2.20. The van der Waals surface area contributed by atoms with Crippen LogP contribution < -0.4 is 0 Å². The van der Waals surface area contributed by atoms with Gasteiger partial charge in [-0.3, -0.25) is 9.97 Å². The molecule has 6 aromatic rings. The van der Waals surface area contributed by atoms with Gasteiger partial charge in [0.15, 0.2) is 0 Å². The maximum atomic E-state index is 4.60. The third-order valence-corrected chi connectivity index (χ3v) is 7.18. The Bertz CT molecular complexity index is 1770. The molecule has 6 rings (SSSR count). The zero-order valence-electron chi connectivity index (χ0n) is 24.4. The lowest BCUT2D eigenvalue weighted by Crippen LogP contribution is -1.88. The second-order valence-corrected chi connectivity index (χ2v) is 10.4. The van der Waals surface area contributed by atoms with Gasteiger partial charge >= 0.3 is 0 Å². The summed E-state index contributed by atoms with van der Waals surface area (Å²) in [6.07, 6.45) is 20.7. The Morgan fingerprint density at radius 2 is 0.545 bits per heavy atom. The standard InChI is InChI=1S/C42H32N2/c1-3-7-33(8-4-1)11-13-35-15-19-37(20-16-35)23-25-39-27-29-43-41(31-39)42-32-40(28-30-44-42)26-24-38-21-17-36(18-22-38)14-12-34-9-5-2-6-10-34/h1-32H/b13-11+,14-12+,25-23+,26-24+. The number of aromatic nitrogens is 2. The highest BCUT2D eigenvalue weighted by molar-refractivity contribution is 5.76. The summed E-state index contributed by atoms with van der Waals surface area (Å²) in [6.45, 7) is 0. The molecule has 0 bridgehead atoms. The lowest BCUT2D eigenvalue weighted by molar-refractivity contribution is 1.24. The Balaban J connectivity index is 1.09. The second-order valence-electron chi connectivity index (χ2n) is 10.4. The highest BCUT2D eigenvalue weighted by atomic mass is 14.8. The summed E-state index contributed by atoms with van der Waals surface area (Å²) < 4.78 is 0. The fourth-order valence-corrected chi connectivity index (χ4v) is 4.72. The molecule has 2 aromatic heterocycles. The summed E-state index contributed by atoms with van der Waals surface area (Å²) in [5.74, 6) is 0. The molecule has 0 unspecified atom stereocenters. The van der Waals surface area contributed by atoms with E-state index in [1.165, 1.54) is 22.3 Å². The molecule has 0 saturated heterocycles. The Kier molecular flexibility index (Phi) is 9.22. The van der Waals surface area contributed by atoms with Gasteiger partial charge in [0.25, 0.3) is 0 Å². The van der Waals surface area contributed by atoms with Gasteiger partial charge in [-0.05, 0) is 68.8 Å². The fourth-order valence-electron chi connectivity index (χ4n) is 4.72. The number of pyridine rings is 2. The maximum absolute atomic E-state index is 4.60. The minimum atomic E-state index is 0.846. The van der Waals surface area contributed by atoms with E-state index in [0.29, 0.717) is 0 Å². The second kappa shape index (κ2) is 14.4. The van der Waals surface area contributed by atoms with Crippen molar-refractivity contribution in [3.8, 4) is 11.4 Å². The van der Waals surface area contributed by atoms with Crippen molar-refractivity contribution >= 4 is 48.6 Å². The van der Waals surface area contributed by atoms with Gasteiger partial charge in [0.2, 0.25) is 0 Å². The third-order valence-electron chi connectivity index (χ3n) is 7.18. The van der Waals surface area contributed by atoms with Crippen molar-refractivity contribution in [3.63, 3.8) is 0 Å². The molecular weight excluding hydrogens is 532 g/mol. The molecular formula is C42H32N2. The summed E-state index contributed by atoms with van der Waals surface area (Å²) in [7, 11) is 0. The molecule has 0 aliphatic heterocycles. The Hall–Kier alpha value is -5.86. The van der Waals surface area contributed by atoms with Gasteiger partial charge in [-0.15, -0.1) is 0 Å². The maximum Gasteiger partial charge on any atom is 0.0892 e. The molecule has 2 heteroatoms. The van der Waals surface area contributed by atoms with Gasteiger partial charge in [-0.25, -0.2) is 0 Å². The summed E-state index contributed by atoms with van der Waals surface area (Å²) in [5.41, 5.74) is 10.9. The summed E-state index contributed by atoms with van der Waals surface area (Å²) in [6, 6.07) is 45.9. The van der Waals surface area contributed by atoms with Crippen LogP contribution >= 0.6 is 0 Å². The van der Waals surface area contributed by atoms with Crippen LogP contribution in [0.15, 0.2) is 146 Å². The van der Waals surface area contributed by atoms with Crippen LogP contribution in [0.25, 0.3) is 60.0 Å². The molecule has 4 aromatic carbocycles. The number of rotatable bonds is 9. The van der Waals surface area contributed by atoms with Gasteiger partial charge in [0.05, 0.1) is 11.4 Å². The van der Waals surface area contributed by atoms with Gasteiger partial charge in [0, 0.05) is 12.4 Å². The molecule has 2 heterocycles. The minimum absolute atomic E-state index is 0.846. The van der Waals surface area contributed by atoms with Crippen molar-refractivity contribution in [2.24, 2.45) is 0 Å². The van der Waals surface area contributed by atoms with Crippen LogP contribution in [0.3, 0.4) is 0 Å². The summed E-state index contributed by atoms with van der Waals surface area (Å²) in [5, 5.41) is 0. The molecule has 0 amide bonds. The normalized spacial score (nSPS) is 11.7. The predicted molar refractivity (Wildman–Crippen MR) is 189 cm³/mol. The summed E-state index contributed by atoms with van der Waals surface area (Å²) >= 11 is 0. The molecule has 0 fully saturated rings. The van der Waals surface area contributed by atoms with Gasteiger partial charge < -0.3 is 0 Å². The third kappa shape index (κ3) is 8.12. The SMILES string of the molecule is C(=C\c1ccc(/C=C/c2ccnc(-c3cc(/C=C/c4ccc(/C=C/c5ccccc5)cc4)ccn3)c2)cc1)/c1ccccc1. The average molecular weight is 565 g/mol. The lowest BCUT2D eigenvalue weighted by Gasteiger charge is -2.03. The van der Waals surface area contributed by atoms with Crippen LogP contribution in [-0.4, -0.2) is 9.97 Å². The molecule has 44 heavy (non-hydrogen) atoms. The minimum Gasteiger partial charge on any atom is -0.255 e. The predicted octanol–water partition coefficient (Wildman–Crippen LogP) is 10.8. The highest BCUT2D eigenvalue weighted by Gasteiger charge is 2.03. The van der Waals surface area contributed by atoms with E-state index >= 15 is 0 Å². The van der Waals surface area contributed by atoms with Gasteiger partial charge in [0.1, 0.15) is 0 Å². The van der Waals surface area contributed by atoms with Crippen LogP contribution in [0.5, 0.6) is 0 Å². The zero-order valence-corrected chi connectivity index (χ0v) is 24.4. The van der Waals surface area contributed by atoms with Crippen molar-refractivity contribution in [2.45, 2.75) is 0 Å². The van der Waals surface area contributed by atoms with Gasteiger partial charge in [-0.1, -0.05) is 158 Å². The first kappa shape index (κ1) is 28.3. The monoisotopic (exact) mass is 564 g/mol. The van der Waals surface area contributed by atoms with E-state index < -0.39 is 0 Å². The Morgan fingerprint density at radius 1 is 0.273 bits per heavy atom. The summed E-state index contributed by atoms with van der Waals surface area (Å²) in [4.78, 5) is 9.19. The van der Waals surface area contributed by atoms with Crippen molar-refractivity contribution < 1.29 is 0 Å². The first-order chi connectivity index (χ1) is 21.8. The first-order valence-corrected chi connectivity index (χ1v) is 14.7. The molecule has 210 valence electrons. The smallest absolute Gasteiger partial charge is 0.0892 e. The van der Waals surface area contributed by atoms with Gasteiger partial charge in [-0.2, -0.15) is 0 Å². The number of benzene rings is 4. The molecule has 0 atom stereocenters. The van der Waals surface area contributed by atoms with E-state index in [1.54, 1.807) is 0 Å². The quantitative estimate of drug-likeness (QED) is 0.163. The topological polar surface area (TPSA) is 25.8 Å². The first-order valence-electron chi connectivity index (χ1n) is 14.7. The van der Waals surface area contributed by atoms with E-state index in [4.69, 9.17) is 0 Å². The largest absolute Gasteiger partial charge is 0.255 e. The van der Waals surface area contributed by atoms with Crippen LogP contribution in [-0.2, 0) is 0 Å².